The van der Waals surface area contributed by atoms with Gasteiger partial charge in [0.15, 0.2) is 5.78 Å². The summed E-state index contributed by atoms with van der Waals surface area (Å²) in [6.07, 6.45) is 0.790. The fourth-order valence-electron chi connectivity index (χ4n) is 7.65. The molecule has 0 aliphatic heterocycles. The maximum atomic E-state index is 12.8. The Labute approximate surface area is 246 Å². The topological polar surface area (TPSA) is 107 Å². The smallest absolute Gasteiger partial charge is 0.162 e. The Bertz CT molecular complexity index is 1400. The molecule has 4 N–H and O–H groups in total. The van der Waals surface area contributed by atoms with Crippen LogP contribution in [-0.4, -0.2) is 56.2 Å². The molecule has 3 aromatic rings. The van der Waals surface area contributed by atoms with Crippen LogP contribution in [0.1, 0.15) is 43.4 Å². The van der Waals surface area contributed by atoms with Crippen LogP contribution in [0.4, 0.5) is 0 Å². The molecule has 0 heterocycles. The number of hydrogen-bond donors (Lipinski definition) is 4. The largest absolute Gasteiger partial charge is 0.388 e. The second-order valence-corrected chi connectivity index (χ2v) is 12.3. The van der Waals surface area contributed by atoms with Gasteiger partial charge in [-0.1, -0.05) is 110 Å². The molecule has 1 saturated carbocycles. The van der Waals surface area contributed by atoms with Crippen LogP contribution in [0.25, 0.3) is 0 Å². The van der Waals surface area contributed by atoms with E-state index in [1.165, 1.54) is 0 Å². The van der Waals surface area contributed by atoms with E-state index in [9.17, 15) is 25.2 Å². The average molecular weight is 567 g/mol. The fourth-order valence-corrected chi connectivity index (χ4v) is 7.65. The monoisotopic (exact) mass is 566 g/mol. The molecule has 42 heavy (non-hydrogen) atoms. The Balaban J connectivity index is 1.49. The Morgan fingerprint density at radius 1 is 0.833 bits per heavy atom. The number of aliphatic hydroxyl groups excluding tert-OH is 2. The number of hydrogen-bond acceptors (Lipinski definition) is 6. The van der Waals surface area contributed by atoms with Crippen LogP contribution in [0.3, 0.4) is 0 Å². The Morgan fingerprint density at radius 3 is 1.83 bits per heavy atom. The number of benzene rings is 3. The van der Waals surface area contributed by atoms with E-state index in [1.54, 1.807) is 26.0 Å². The molecule has 3 aliphatic carbocycles. The summed E-state index contributed by atoms with van der Waals surface area (Å²) in [5.41, 5.74) is -0.532. The first-order valence-corrected chi connectivity index (χ1v) is 14.6. The lowest BCUT2D eigenvalue weighted by molar-refractivity contribution is -0.195. The number of rotatable bonds is 6. The van der Waals surface area contributed by atoms with E-state index in [1.807, 2.05) is 91.0 Å². The van der Waals surface area contributed by atoms with Gasteiger partial charge < -0.3 is 25.2 Å². The van der Waals surface area contributed by atoms with Crippen molar-refractivity contribution in [2.45, 2.75) is 55.7 Å². The standard InChI is InChI=1S/C36H38O6/c1-23-18-31-34(40,33(23)39)21-25(20-29-32(38)30(37)19-24(2)35(29,31)41)22-42-36(26-12-6-3-7-13-26,27-14-8-4-9-15-27)28-16-10-5-11-17-28/h3-18,20,24,29,31-33,38-41H,19,21-22H2,1-2H3/t24-,29+,31-,32?,33+,34-,35-/m1/s1. The summed E-state index contributed by atoms with van der Waals surface area (Å²) >= 11 is 0. The van der Waals surface area contributed by atoms with Gasteiger partial charge in [-0.2, -0.15) is 0 Å². The SMILES string of the molecule is CC1=C[C@@H]2[C@](O)(CC(COC(c3ccccc3)(c3ccccc3)c3ccccc3)=C[C@H]3C(O)C(=O)C[C@@H](C)[C@]23O)[C@H]1O. The van der Waals surface area contributed by atoms with E-state index >= 15 is 0 Å². The molecule has 0 bridgehead atoms. The first-order chi connectivity index (χ1) is 20.1. The van der Waals surface area contributed by atoms with Gasteiger partial charge in [-0.05, 0) is 40.7 Å². The molecule has 0 amide bonds. The highest BCUT2D eigenvalue weighted by molar-refractivity contribution is 5.85. The second kappa shape index (κ2) is 10.7. The van der Waals surface area contributed by atoms with Crippen LogP contribution >= 0.6 is 0 Å². The first kappa shape index (κ1) is 28.7. The maximum Gasteiger partial charge on any atom is 0.162 e. The molecule has 1 unspecified atom stereocenters. The van der Waals surface area contributed by atoms with Crippen molar-refractivity contribution in [3.05, 3.63) is 131 Å². The van der Waals surface area contributed by atoms with Crippen LogP contribution < -0.4 is 0 Å². The van der Waals surface area contributed by atoms with E-state index in [0.29, 0.717) is 11.1 Å². The molecule has 0 aromatic heterocycles. The minimum Gasteiger partial charge on any atom is -0.388 e. The summed E-state index contributed by atoms with van der Waals surface area (Å²) in [4.78, 5) is 12.8. The lowest BCUT2D eigenvalue weighted by Gasteiger charge is -2.51. The van der Waals surface area contributed by atoms with Gasteiger partial charge in [0.2, 0.25) is 0 Å². The van der Waals surface area contributed by atoms with E-state index in [0.717, 1.165) is 16.7 Å². The number of aliphatic hydroxyl groups is 4. The molecule has 3 aliphatic rings. The molecule has 6 rings (SSSR count). The molecular weight excluding hydrogens is 528 g/mol. The van der Waals surface area contributed by atoms with Gasteiger partial charge in [-0.3, -0.25) is 4.79 Å². The Hall–Kier alpha value is -3.39. The highest BCUT2D eigenvalue weighted by atomic mass is 16.5. The van der Waals surface area contributed by atoms with Crippen molar-refractivity contribution < 1.29 is 30.0 Å². The predicted octanol–water partition coefficient (Wildman–Crippen LogP) is 4.31. The quantitative estimate of drug-likeness (QED) is 0.262. The van der Waals surface area contributed by atoms with Crippen molar-refractivity contribution in [2.75, 3.05) is 6.61 Å². The number of carbonyl (C=O) groups excluding carboxylic acids is 1. The van der Waals surface area contributed by atoms with E-state index in [-0.39, 0.29) is 25.2 Å². The fraction of sp³-hybridized carbons (Fsp3) is 0.361. The number of ketones is 1. The van der Waals surface area contributed by atoms with Crippen LogP contribution in [0.2, 0.25) is 0 Å². The summed E-state index contributed by atoms with van der Waals surface area (Å²) in [5.74, 6) is -2.73. The minimum atomic E-state index is -1.73. The molecule has 6 heteroatoms. The number of fused-ring (bicyclic) bond motifs is 3. The van der Waals surface area contributed by atoms with Crippen molar-refractivity contribution in [3.8, 4) is 0 Å². The van der Waals surface area contributed by atoms with Crippen molar-refractivity contribution in [2.24, 2.45) is 17.8 Å². The van der Waals surface area contributed by atoms with Crippen molar-refractivity contribution in [3.63, 3.8) is 0 Å². The number of Topliss-reactive ketones (excluding diaryl/α,β-unsaturated/α-hetero) is 1. The zero-order valence-corrected chi connectivity index (χ0v) is 23.9. The predicted molar refractivity (Wildman–Crippen MR) is 159 cm³/mol. The molecule has 1 fully saturated rings. The summed E-state index contributed by atoms with van der Waals surface area (Å²) < 4.78 is 7.01. The summed E-state index contributed by atoms with van der Waals surface area (Å²) in [5, 5.41) is 46.8. The molecular formula is C36H38O6. The highest BCUT2D eigenvalue weighted by Gasteiger charge is 2.65. The van der Waals surface area contributed by atoms with Gasteiger partial charge in [0.1, 0.15) is 23.4 Å². The normalized spacial score (nSPS) is 32.8. The molecule has 218 valence electrons. The Kier molecular flexibility index (Phi) is 7.32. The van der Waals surface area contributed by atoms with Crippen LogP contribution in [-0.2, 0) is 15.1 Å². The first-order valence-electron chi connectivity index (χ1n) is 14.6. The van der Waals surface area contributed by atoms with Crippen LogP contribution in [0, 0.1) is 17.8 Å². The third kappa shape index (κ3) is 4.32. The van der Waals surface area contributed by atoms with Gasteiger partial charge in [0.05, 0.1) is 12.2 Å². The third-order valence-electron chi connectivity index (χ3n) is 9.81. The van der Waals surface area contributed by atoms with Crippen LogP contribution in [0.15, 0.2) is 114 Å². The molecule has 6 nitrogen and oxygen atoms in total. The van der Waals surface area contributed by atoms with Crippen molar-refractivity contribution in [1.29, 1.82) is 0 Å². The summed E-state index contributed by atoms with van der Waals surface area (Å²) in [7, 11) is 0. The van der Waals surface area contributed by atoms with Crippen molar-refractivity contribution in [1.82, 2.24) is 0 Å². The van der Waals surface area contributed by atoms with Crippen molar-refractivity contribution >= 4 is 5.78 Å². The second-order valence-electron chi connectivity index (χ2n) is 12.3. The van der Waals surface area contributed by atoms with E-state index in [4.69, 9.17) is 4.74 Å². The zero-order valence-electron chi connectivity index (χ0n) is 23.9. The summed E-state index contributed by atoms with van der Waals surface area (Å²) in [6, 6.07) is 29.7. The molecule has 7 atom stereocenters. The molecule has 3 aromatic carbocycles. The molecule has 0 saturated heterocycles. The highest BCUT2D eigenvalue weighted by Crippen LogP contribution is 2.55. The maximum absolute atomic E-state index is 12.8. The van der Waals surface area contributed by atoms with E-state index < -0.39 is 46.8 Å². The minimum absolute atomic E-state index is 0.00750. The third-order valence-corrected chi connectivity index (χ3v) is 9.81. The zero-order chi connectivity index (χ0) is 29.7. The van der Waals surface area contributed by atoms with Gasteiger partial charge >= 0.3 is 0 Å². The lowest BCUT2D eigenvalue weighted by atomic mass is 9.59. The van der Waals surface area contributed by atoms with Crippen LogP contribution in [0.5, 0.6) is 0 Å². The van der Waals surface area contributed by atoms with Gasteiger partial charge in [-0.15, -0.1) is 0 Å². The number of ether oxygens (including phenoxy) is 1. The number of carbonyl (C=O) groups is 1. The van der Waals surface area contributed by atoms with Gasteiger partial charge in [0, 0.05) is 24.7 Å². The lowest BCUT2D eigenvalue weighted by Crippen LogP contribution is -2.64. The summed E-state index contributed by atoms with van der Waals surface area (Å²) in [6.45, 7) is 3.52. The van der Waals surface area contributed by atoms with Gasteiger partial charge in [-0.25, -0.2) is 0 Å². The molecule has 0 spiro atoms. The Morgan fingerprint density at radius 2 is 1.33 bits per heavy atom. The van der Waals surface area contributed by atoms with Gasteiger partial charge in [0.25, 0.3) is 0 Å². The average Bonchev–Trinajstić information content (AvgIpc) is 3.17. The van der Waals surface area contributed by atoms with E-state index in [2.05, 4.69) is 0 Å². The molecule has 0 radical (unpaired) electrons.